The third kappa shape index (κ3) is 13.5. The second kappa shape index (κ2) is 24.3. The number of carbonyl (C=O) groups excluding carboxylic acids is 9. The van der Waals surface area contributed by atoms with Gasteiger partial charge >= 0.3 is 5.97 Å². The van der Waals surface area contributed by atoms with Crippen LogP contribution >= 0.6 is 0 Å². The van der Waals surface area contributed by atoms with Crippen LogP contribution in [-0.2, 0) is 54.3 Å². The molecular weight excluding hydrogens is 885 g/mol. The minimum Gasteiger partial charge on any atom is -0.508 e. The van der Waals surface area contributed by atoms with Crippen LogP contribution in [0.2, 0.25) is 0 Å². The second-order valence-electron chi connectivity index (χ2n) is 18.6. The van der Waals surface area contributed by atoms with E-state index in [4.69, 9.17) is 4.74 Å². The molecule has 10 atom stereocenters. The highest BCUT2D eigenvalue weighted by molar-refractivity contribution is 6.03. The normalized spacial score (nSPS) is 27.4. The maximum Gasteiger partial charge on any atom is 0.329 e. The average molecular weight is 955 g/mol. The van der Waals surface area contributed by atoms with Gasteiger partial charge in [-0.3, -0.25) is 38.4 Å². The number of esters is 1. The van der Waals surface area contributed by atoms with Crippen molar-refractivity contribution >= 4 is 53.2 Å². The lowest BCUT2D eigenvalue weighted by Gasteiger charge is -2.43. The Balaban J connectivity index is 1.78. The number of likely N-dealkylation sites (N-methyl/N-ethyl adjacent to an activating group) is 1. The summed E-state index contributed by atoms with van der Waals surface area (Å²) in [5.41, 5.74) is 0.116. The van der Waals surface area contributed by atoms with Crippen LogP contribution in [0.1, 0.15) is 106 Å². The number of carbonyl (C=O) groups is 9. The van der Waals surface area contributed by atoms with E-state index in [9.17, 15) is 58.5 Å². The third-order valence-corrected chi connectivity index (χ3v) is 12.5. The van der Waals surface area contributed by atoms with Gasteiger partial charge in [0.15, 0.2) is 0 Å². The maximum atomic E-state index is 14.7. The average Bonchev–Trinajstić information content (AvgIpc) is 3.78. The number of cyclic esters (lactones) is 1. The van der Waals surface area contributed by atoms with E-state index in [1.807, 2.05) is 6.92 Å². The van der Waals surface area contributed by atoms with E-state index in [0.29, 0.717) is 31.4 Å². The zero-order valence-corrected chi connectivity index (χ0v) is 40.4. The summed E-state index contributed by atoms with van der Waals surface area (Å²) in [6, 6.07) is -3.96. The van der Waals surface area contributed by atoms with Gasteiger partial charge in [0.2, 0.25) is 35.4 Å². The predicted octanol–water partition coefficient (Wildman–Crippen LogP) is -0.150. The van der Waals surface area contributed by atoms with Gasteiger partial charge in [0.05, 0.1) is 6.10 Å². The highest BCUT2D eigenvalue weighted by Gasteiger charge is 2.46. The molecule has 0 radical (unpaired) electrons. The number of fused-ring (bicyclic) bond motifs is 2. The first-order valence-electron chi connectivity index (χ1n) is 23.4. The summed E-state index contributed by atoms with van der Waals surface area (Å²) in [5.74, 6) is -8.44. The smallest absolute Gasteiger partial charge is 0.329 e. The first-order valence-corrected chi connectivity index (χ1v) is 23.4. The van der Waals surface area contributed by atoms with Crippen LogP contribution in [0.4, 0.5) is 0 Å². The predicted molar refractivity (Wildman–Crippen MR) is 245 cm³/mol. The minimum absolute atomic E-state index is 0.0412. The number of ether oxygens (including phenoxy) is 1. The summed E-state index contributed by atoms with van der Waals surface area (Å²) in [5, 5.41) is 44.8. The summed E-state index contributed by atoms with van der Waals surface area (Å²) in [7, 11) is 1.36. The fraction of sp³-hybridized carbons (Fsp3) is 0.638. The Morgan fingerprint density at radius 3 is 2.18 bits per heavy atom. The minimum atomic E-state index is -1.84. The quantitative estimate of drug-likeness (QED) is 0.100. The van der Waals surface area contributed by atoms with E-state index >= 15 is 0 Å². The summed E-state index contributed by atoms with van der Waals surface area (Å²) in [6.07, 6.45) is -1.98. The molecule has 2 bridgehead atoms. The van der Waals surface area contributed by atoms with Crippen LogP contribution in [0.25, 0.3) is 0 Å². The fourth-order valence-electron chi connectivity index (χ4n) is 8.60. The Bertz CT molecular complexity index is 2060. The number of likely N-dealkylation sites (tertiary alicyclic amines) is 1. The number of aliphatic hydroxyl groups is 2. The van der Waals surface area contributed by atoms with Crippen molar-refractivity contribution in [2.75, 3.05) is 13.6 Å². The van der Waals surface area contributed by atoms with Gasteiger partial charge in [0, 0.05) is 26.4 Å². The number of nitrogens with zero attached hydrogens (tertiary/aromatic N) is 3. The third-order valence-electron chi connectivity index (χ3n) is 12.5. The van der Waals surface area contributed by atoms with Gasteiger partial charge < -0.3 is 61.3 Å². The lowest BCUT2D eigenvalue weighted by Crippen LogP contribution is -2.64. The van der Waals surface area contributed by atoms with E-state index in [1.165, 1.54) is 50.9 Å². The molecule has 0 aliphatic carbocycles. The molecule has 3 aliphatic rings. The molecule has 8 amide bonds. The molecule has 8 N–H and O–H groups in total. The fourth-order valence-corrected chi connectivity index (χ4v) is 8.60. The summed E-state index contributed by atoms with van der Waals surface area (Å²) >= 11 is 0. The zero-order valence-electron chi connectivity index (χ0n) is 40.4. The first kappa shape index (κ1) is 54.5. The SMILES string of the molecule is CC=C1NC(=O)C(NC(=O)C(NC(=O)C2CCCN2C(=O)CCC)C(C)O)C(C)OC(=O)C(C(C)C)NC(=O)C(Cc2ccc(O)cc2)N(C)C(=O)C(CC(C)C)N2C(=O)C(CCC2O)NC1=O. The van der Waals surface area contributed by atoms with Gasteiger partial charge in [-0.05, 0) is 88.8 Å². The number of benzene rings is 1. The van der Waals surface area contributed by atoms with Crippen LogP contribution in [0, 0.1) is 11.8 Å². The summed E-state index contributed by atoms with van der Waals surface area (Å²) < 4.78 is 5.81. The standard InChI is InChI=1S/C47H70N8O13/c1-10-13-35(58)54-21-12-14-32(54)41(61)51-38(26(7)56)43(63)52-39-27(8)68-47(67)37(25(5)6)50-42(62)33(23-28-15-17-29(57)18-16-28)53(9)46(66)34(22-24(3)4)55-36(59)20-19-31(45(55)65)49-40(60)30(11-2)48-44(39)64/h11,15-18,24-27,31-34,36-39,56-57,59H,10,12-14,19-23H2,1-9H3,(H,48,64)(H,49,60)(H,50,62)(H,51,61)(H,52,63). The monoisotopic (exact) mass is 955 g/mol. The molecule has 3 aliphatic heterocycles. The lowest BCUT2D eigenvalue weighted by atomic mass is 9.94. The van der Waals surface area contributed by atoms with Crippen molar-refractivity contribution in [3.8, 4) is 5.75 Å². The van der Waals surface area contributed by atoms with E-state index in [-0.39, 0.29) is 49.7 Å². The van der Waals surface area contributed by atoms with Crippen molar-refractivity contribution in [2.24, 2.45) is 11.8 Å². The Morgan fingerprint density at radius 1 is 0.926 bits per heavy atom. The second-order valence-corrected chi connectivity index (χ2v) is 18.6. The van der Waals surface area contributed by atoms with Crippen LogP contribution in [-0.4, -0.2) is 158 Å². The number of hydrogen-bond acceptors (Lipinski definition) is 13. The van der Waals surface area contributed by atoms with E-state index in [0.717, 1.165) is 9.80 Å². The first-order chi connectivity index (χ1) is 32.0. The van der Waals surface area contributed by atoms with Crippen LogP contribution in [0.3, 0.4) is 0 Å². The molecule has 1 aromatic carbocycles. The molecule has 1 aromatic rings. The van der Waals surface area contributed by atoms with Crippen molar-refractivity contribution in [3.63, 3.8) is 0 Å². The number of aromatic hydroxyl groups is 1. The topological polar surface area (TPSA) is 293 Å². The molecule has 4 rings (SSSR count). The molecule has 3 fully saturated rings. The summed E-state index contributed by atoms with van der Waals surface area (Å²) in [4.78, 5) is 130. The van der Waals surface area contributed by atoms with E-state index in [2.05, 4.69) is 26.6 Å². The molecule has 3 saturated heterocycles. The molecule has 0 spiro atoms. The zero-order chi connectivity index (χ0) is 50.7. The van der Waals surface area contributed by atoms with Gasteiger partial charge in [0.25, 0.3) is 11.8 Å². The highest BCUT2D eigenvalue weighted by Crippen LogP contribution is 2.27. The maximum absolute atomic E-state index is 14.7. The van der Waals surface area contributed by atoms with Crippen molar-refractivity contribution in [2.45, 2.75) is 167 Å². The van der Waals surface area contributed by atoms with Gasteiger partial charge in [-0.1, -0.05) is 52.8 Å². The van der Waals surface area contributed by atoms with E-state index in [1.54, 1.807) is 39.8 Å². The van der Waals surface area contributed by atoms with Crippen LogP contribution in [0.5, 0.6) is 5.75 Å². The molecule has 0 aromatic heterocycles. The molecule has 376 valence electrons. The number of rotatable bonds is 12. The lowest BCUT2D eigenvalue weighted by molar-refractivity contribution is -0.166. The molecule has 68 heavy (non-hydrogen) atoms. The van der Waals surface area contributed by atoms with Crippen molar-refractivity contribution in [1.29, 1.82) is 0 Å². The number of nitrogens with one attached hydrogen (secondary N) is 5. The number of phenols is 1. The largest absolute Gasteiger partial charge is 0.508 e. The number of allylic oxidation sites excluding steroid dienone is 1. The van der Waals surface area contributed by atoms with Crippen molar-refractivity contribution < 1.29 is 63.2 Å². The number of phenolic OH excluding ortho intramolecular Hbond substituents is 1. The van der Waals surface area contributed by atoms with Crippen LogP contribution < -0.4 is 26.6 Å². The number of piperidine rings is 1. The van der Waals surface area contributed by atoms with Crippen molar-refractivity contribution in [1.82, 2.24) is 41.3 Å². The number of amides is 8. The Hall–Kier alpha value is -6.09. The van der Waals surface area contributed by atoms with Gasteiger partial charge in [0.1, 0.15) is 66.1 Å². The highest BCUT2D eigenvalue weighted by atomic mass is 16.5. The Morgan fingerprint density at radius 2 is 1.59 bits per heavy atom. The Kier molecular flexibility index (Phi) is 19.5. The van der Waals surface area contributed by atoms with Gasteiger partial charge in [-0.15, -0.1) is 0 Å². The number of hydrogen-bond donors (Lipinski definition) is 8. The molecular formula is C47H70N8O13. The van der Waals surface area contributed by atoms with Crippen molar-refractivity contribution in [3.05, 3.63) is 41.6 Å². The molecule has 3 heterocycles. The van der Waals surface area contributed by atoms with Crippen LogP contribution in [0.15, 0.2) is 36.0 Å². The molecule has 10 unspecified atom stereocenters. The molecule has 21 nitrogen and oxygen atoms in total. The Labute approximate surface area is 397 Å². The molecule has 21 heteroatoms. The molecule has 0 saturated carbocycles. The van der Waals surface area contributed by atoms with E-state index < -0.39 is 120 Å². The number of aliphatic hydroxyl groups excluding tert-OH is 2. The van der Waals surface area contributed by atoms with Gasteiger partial charge in [-0.2, -0.15) is 0 Å². The summed E-state index contributed by atoms with van der Waals surface area (Å²) in [6.45, 7) is 12.9. The van der Waals surface area contributed by atoms with Gasteiger partial charge in [-0.25, -0.2) is 4.79 Å².